The van der Waals surface area contributed by atoms with Crippen LogP contribution in [0.25, 0.3) is 10.2 Å². The summed E-state index contributed by atoms with van der Waals surface area (Å²) >= 11 is 4.17. The number of nitrogens with one attached hydrogen (secondary N) is 1. The highest BCUT2D eigenvalue weighted by Gasteiger charge is 2.25. The number of amides is 1. The fraction of sp³-hybridized carbons (Fsp3) is 0.381. The maximum absolute atomic E-state index is 12.7. The number of hydrogen-bond donors (Lipinski definition) is 1. The Morgan fingerprint density at radius 3 is 2.71 bits per heavy atom. The average molecular weight is 476 g/mol. The molecule has 1 aliphatic rings. The molecule has 7 nitrogen and oxygen atoms in total. The Hall–Kier alpha value is -2.30. The number of nitrogens with zero attached hydrogens (tertiary/aromatic N) is 2. The number of hydrogen-bond acceptors (Lipinski definition) is 9. The van der Waals surface area contributed by atoms with Crippen LogP contribution in [0.5, 0.6) is 0 Å². The maximum Gasteiger partial charge on any atom is 0.341 e. The number of thiophene rings is 2. The molecule has 0 saturated carbocycles. The van der Waals surface area contributed by atoms with E-state index in [1.807, 2.05) is 0 Å². The third kappa shape index (κ3) is 4.24. The molecule has 10 heteroatoms. The number of carbonyl (C=O) groups is 3. The molecule has 162 valence electrons. The largest absolute Gasteiger partial charge is 0.465 e. The summed E-state index contributed by atoms with van der Waals surface area (Å²) in [7, 11) is 1.27. The molecule has 0 bridgehead atoms. The van der Waals surface area contributed by atoms with Gasteiger partial charge in [-0.2, -0.15) is 0 Å². The second-order valence-electron chi connectivity index (χ2n) is 7.21. The lowest BCUT2D eigenvalue weighted by Gasteiger charge is -2.11. The van der Waals surface area contributed by atoms with Crippen LogP contribution in [0.2, 0.25) is 0 Å². The number of esters is 1. The Kier molecular flexibility index (Phi) is 6.40. The van der Waals surface area contributed by atoms with Crippen molar-refractivity contribution in [2.75, 3.05) is 18.2 Å². The first-order chi connectivity index (χ1) is 14.9. The van der Waals surface area contributed by atoms with Gasteiger partial charge >= 0.3 is 5.97 Å². The third-order valence-corrected chi connectivity index (χ3v) is 8.66. The molecule has 0 unspecified atom stereocenters. The fourth-order valence-corrected chi connectivity index (χ4v) is 6.98. The minimum atomic E-state index is -0.577. The minimum Gasteiger partial charge on any atom is -0.465 e. The molecule has 0 aliphatic heterocycles. The zero-order valence-electron chi connectivity index (χ0n) is 17.4. The zero-order valence-corrected chi connectivity index (χ0v) is 19.8. The Morgan fingerprint density at radius 2 is 1.97 bits per heavy atom. The minimum absolute atomic E-state index is 0.129. The number of rotatable bonds is 6. The summed E-state index contributed by atoms with van der Waals surface area (Å²) < 4.78 is 4.84. The number of Topliss-reactive ketones (excluding diaryl/α,β-unsaturated/α-hetero) is 1. The van der Waals surface area contributed by atoms with Crippen molar-refractivity contribution in [1.82, 2.24) is 9.97 Å². The van der Waals surface area contributed by atoms with E-state index < -0.39 is 5.97 Å². The first-order valence-electron chi connectivity index (χ1n) is 9.81. The van der Waals surface area contributed by atoms with Gasteiger partial charge in [0.2, 0.25) is 5.91 Å². The standard InChI is InChI=1S/C21H21N3O4S3/c1-10-15(21(27)28-3)20(31-17(10)11(2)25)24-14(26)8-29-18-16-12-6-4-5-7-13(12)30-19(16)23-9-22-18/h9H,4-8H2,1-3H3,(H,24,26). The van der Waals surface area contributed by atoms with Crippen LogP contribution in [0.1, 0.15) is 55.8 Å². The highest BCUT2D eigenvalue weighted by molar-refractivity contribution is 8.00. The Balaban J connectivity index is 1.54. The van der Waals surface area contributed by atoms with E-state index in [1.54, 1.807) is 24.6 Å². The molecule has 31 heavy (non-hydrogen) atoms. The molecule has 1 aliphatic carbocycles. The van der Waals surface area contributed by atoms with E-state index in [4.69, 9.17) is 4.74 Å². The lowest BCUT2D eigenvalue weighted by Crippen LogP contribution is -2.16. The van der Waals surface area contributed by atoms with E-state index in [9.17, 15) is 14.4 Å². The SMILES string of the molecule is COC(=O)c1c(NC(=O)CSc2ncnc3sc4c(c23)CCCC4)sc(C(C)=O)c1C. The van der Waals surface area contributed by atoms with Crippen molar-refractivity contribution in [2.24, 2.45) is 0 Å². The summed E-state index contributed by atoms with van der Waals surface area (Å²) in [5.74, 6) is -0.883. The molecular weight excluding hydrogens is 454 g/mol. The quantitative estimate of drug-likeness (QED) is 0.240. The number of carbonyl (C=O) groups excluding carboxylic acids is 3. The molecule has 0 spiro atoms. The van der Waals surface area contributed by atoms with E-state index in [0.29, 0.717) is 15.4 Å². The number of aromatic nitrogens is 2. The normalized spacial score (nSPS) is 13.1. The molecule has 0 atom stereocenters. The molecule has 0 aromatic carbocycles. The third-order valence-electron chi connectivity index (χ3n) is 5.17. The average Bonchev–Trinajstić information content (AvgIpc) is 3.29. The second kappa shape index (κ2) is 9.05. The van der Waals surface area contributed by atoms with Crippen molar-refractivity contribution in [2.45, 2.75) is 44.6 Å². The van der Waals surface area contributed by atoms with Gasteiger partial charge in [-0.3, -0.25) is 9.59 Å². The van der Waals surface area contributed by atoms with Gasteiger partial charge in [-0.1, -0.05) is 11.8 Å². The highest BCUT2D eigenvalue weighted by atomic mass is 32.2. The molecular formula is C21H21N3O4S3. The van der Waals surface area contributed by atoms with E-state index >= 15 is 0 Å². The number of fused-ring (bicyclic) bond motifs is 3. The fourth-order valence-electron chi connectivity index (χ4n) is 3.75. The van der Waals surface area contributed by atoms with Crippen LogP contribution in [0, 0.1) is 6.92 Å². The van der Waals surface area contributed by atoms with Gasteiger partial charge in [-0.05, 0) is 50.7 Å². The van der Waals surface area contributed by atoms with E-state index in [2.05, 4.69) is 15.3 Å². The predicted octanol–water partition coefficient (Wildman–Crippen LogP) is 4.66. The van der Waals surface area contributed by atoms with Crippen molar-refractivity contribution >= 4 is 67.3 Å². The zero-order chi connectivity index (χ0) is 22.1. The summed E-state index contributed by atoms with van der Waals surface area (Å²) in [6, 6.07) is 0. The maximum atomic E-state index is 12.7. The lowest BCUT2D eigenvalue weighted by atomic mass is 9.97. The molecule has 0 fully saturated rings. The van der Waals surface area contributed by atoms with Gasteiger partial charge in [0.1, 0.15) is 21.2 Å². The van der Waals surface area contributed by atoms with Crippen LogP contribution in [-0.2, 0) is 22.4 Å². The van der Waals surface area contributed by atoms with Crippen molar-refractivity contribution in [1.29, 1.82) is 0 Å². The molecule has 0 radical (unpaired) electrons. The summed E-state index contributed by atoms with van der Waals surface area (Å²) in [6.45, 7) is 3.12. The monoisotopic (exact) mass is 475 g/mol. The number of thioether (sulfide) groups is 1. The van der Waals surface area contributed by atoms with Gasteiger partial charge in [0.15, 0.2) is 5.78 Å². The number of methoxy groups -OCH3 is 1. The van der Waals surface area contributed by atoms with Crippen LogP contribution in [0.15, 0.2) is 11.4 Å². The van der Waals surface area contributed by atoms with Crippen molar-refractivity contribution in [3.63, 3.8) is 0 Å². The van der Waals surface area contributed by atoms with Gasteiger partial charge in [-0.15, -0.1) is 22.7 Å². The molecule has 0 saturated heterocycles. The van der Waals surface area contributed by atoms with Gasteiger partial charge < -0.3 is 10.1 Å². The van der Waals surface area contributed by atoms with Crippen LogP contribution >= 0.6 is 34.4 Å². The molecule has 1 amide bonds. The first kappa shape index (κ1) is 21.9. The Labute approximate surface area is 191 Å². The summed E-state index contributed by atoms with van der Waals surface area (Å²) in [5, 5.41) is 4.99. The molecule has 3 heterocycles. The van der Waals surface area contributed by atoms with Gasteiger partial charge in [-0.25, -0.2) is 14.8 Å². The molecule has 1 N–H and O–H groups in total. The number of ether oxygens (including phenoxy) is 1. The predicted molar refractivity (Wildman–Crippen MR) is 124 cm³/mol. The van der Waals surface area contributed by atoms with Crippen LogP contribution in [-0.4, -0.2) is 40.5 Å². The van der Waals surface area contributed by atoms with Crippen LogP contribution in [0.4, 0.5) is 5.00 Å². The first-order valence-corrected chi connectivity index (χ1v) is 12.4. The number of aryl methyl sites for hydroxylation is 2. The highest BCUT2D eigenvalue weighted by Crippen LogP contribution is 2.39. The molecule has 3 aromatic rings. The van der Waals surface area contributed by atoms with E-state index in [0.717, 1.165) is 45.8 Å². The summed E-state index contributed by atoms with van der Waals surface area (Å²) in [4.78, 5) is 48.4. The smallest absolute Gasteiger partial charge is 0.341 e. The molecule has 4 rings (SSSR count). The van der Waals surface area contributed by atoms with Crippen LogP contribution < -0.4 is 5.32 Å². The van der Waals surface area contributed by atoms with Crippen molar-refractivity contribution in [3.8, 4) is 0 Å². The number of ketones is 1. The molecule has 3 aromatic heterocycles. The van der Waals surface area contributed by atoms with Crippen molar-refractivity contribution in [3.05, 3.63) is 32.8 Å². The van der Waals surface area contributed by atoms with Gasteiger partial charge in [0.05, 0.1) is 23.3 Å². The van der Waals surface area contributed by atoms with Crippen molar-refractivity contribution < 1.29 is 19.1 Å². The van der Waals surface area contributed by atoms with E-state index in [-0.39, 0.29) is 23.0 Å². The summed E-state index contributed by atoms with van der Waals surface area (Å²) in [6.07, 6.45) is 6.00. The topological polar surface area (TPSA) is 98.2 Å². The second-order valence-corrected chi connectivity index (χ2v) is 10.3. The van der Waals surface area contributed by atoms with Gasteiger partial charge in [0, 0.05) is 10.3 Å². The van der Waals surface area contributed by atoms with Gasteiger partial charge in [0.25, 0.3) is 0 Å². The Bertz CT molecular complexity index is 1200. The summed E-state index contributed by atoms with van der Waals surface area (Å²) in [5.41, 5.74) is 2.07. The van der Waals surface area contributed by atoms with E-state index in [1.165, 1.54) is 42.7 Å². The Morgan fingerprint density at radius 1 is 1.19 bits per heavy atom. The number of anilines is 1. The van der Waals surface area contributed by atoms with Crippen LogP contribution in [0.3, 0.4) is 0 Å². The lowest BCUT2D eigenvalue weighted by molar-refractivity contribution is -0.113.